The van der Waals surface area contributed by atoms with Gasteiger partial charge in [0.05, 0.1) is 23.5 Å². The number of aromatic nitrogens is 2. The Morgan fingerprint density at radius 1 is 1.14 bits per heavy atom. The summed E-state index contributed by atoms with van der Waals surface area (Å²) in [4.78, 5) is 31.2. The van der Waals surface area contributed by atoms with Crippen LogP contribution >= 0.6 is 0 Å². The second-order valence-electron chi connectivity index (χ2n) is 7.33. The van der Waals surface area contributed by atoms with Gasteiger partial charge in [-0.05, 0) is 25.0 Å². The van der Waals surface area contributed by atoms with E-state index in [1.165, 1.54) is 12.1 Å². The first kappa shape index (κ1) is 18.6. The van der Waals surface area contributed by atoms with Gasteiger partial charge in [-0.25, -0.2) is 4.39 Å². The number of anilines is 1. The minimum Gasteiger partial charge on any atom is -0.336 e. The average Bonchev–Trinajstić information content (AvgIpc) is 3.14. The first-order valence-corrected chi connectivity index (χ1v) is 9.62. The summed E-state index contributed by atoms with van der Waals surface area (Å²) in [6.45, 7) is 2.90. The fraction of sp³-hybridized carbons (Fsp3) is 0.450. The number of benzene rings is 1. The van der Waals surface area contributed by atoms with Crippen molar-refractivity contribution >= 4 is 17.5 Å². The summed E-state index contributed by atoms with van der Waals surface area (Å²) < 4.78 is 15.6. The lowest BCUT2D eigenvalue weighted by atomic mass is 10.0. The van der Waals surface area contributed by atoms with E-state index in [1.807, 2.05) is 13.2 Å². The van der Waals surface area contributed by atoms with E-state index in [-0.39, 0.29) is 23.4 Å². The molecule has 1 aromatic carbocycles. The second-order valence-corrected chi connectivity index (χ2v) is 7.33. The van der Waals surface area contributed by atoms with Gasteiger partial charge in [-0.15, -0.1) is 0 Å². The summed E-state index contributed by atoms with van der Waals surface area (Å²) in [6.07, 6.45) is 5.31. The molecule has 1 atom stereocenters. The Balaban J connectivity index is 1.40. The molecular formula is C20H24FN5O2. The summed E-state index contributed by atoms with van der Waals surface area (Å²) in [5.41, 5.74) is 0.929. The lowest BCUT2D eigenvalue weighted by Crippen LogP contribution is -2.58. The van der Waals surface area contributed by atoms with E-state index < -0.39 is 5.82 Å². The SMILES string of the molecule is Cn1cc(N2CCCC(N3CCN(C(=O)c4ccccc4F)CC3)C2=O)cn1. The zero-order valence-corrected chi connectivity index (χ0v) is 15.9. The Kier molecular flexibility index (Phi) is 5.13. The number of carbonyl (C=O) groups is 2. The van der Waals surface area contributed by atoms with Crippen molar-refractivity contribution in [2.45, 2.75) is 18.9 Å². The topological polar surface area (TPSA) is 61.7 Å². The zero-order valence-electron chi connectivity index (χ0n) is 15.9. The normalized spacial score (nSPS) is 21.2. The highest BCUT2D eigenvalue weighted by molar-refractivity contribution is 5.98. The maximum atomic E-state index is 13.9. The highest BCUT2D eigenvalue weighted by Gasteiger charge is 2.36. The number of piperidine rings is 1. The molecule has 8 heteroatoms. The Morgan fingerprint density at radius 2 is 1.89 bits per heavy atom. The molecule has 148 valence electrons. The second kappa shape index (κ2) is 7.71. The highest BCUT2D eigenvalue weighted by atomic mass is 19.1. The van der Waals surface area contributed by atoms with Crippen molar-refractivity contribution in [2.24, 2.45) is 7.05 Å². The van der Waals surface area contributed by atoms with Crippen LogP contribution in [0, 0.1) is 5.82 Å². The molecule has 2 amide bonds. The maximum absolute atomic E-state index is 13.9. The van der Waals surface area contributed by atoms with Crippen LogP contribution in [0.15, 0.2) is 36.7 Å². The number of amides is 2. The summed E-state index contributed by atoms with van der Waals surface area (Å²) in [5, 5.41) is 4.16. The van der Waals surface area contributed by atoms with Crippen LogP contribution < -0.4 is 4.90 Å². The summed E-state index contributed by atoms with van der Waals surface area (Å²) in [7, 11) is 1.83. The van der Waals surface area contributed by atoms with Crippen molar-refractivity contribution in [2.75, 3.05) is 37.6 Å². The predicted molar refractivity (Wildman–Crippen MR) is 102 cm³/mol. The first-order valence-electron chi connectivity index (χ1n) is 9.62. The van der Waals surface area contributed by atoms with Crippen LogP contribution in [0.5, 0.6) is 0 Å². The van der Waals surface area contributed by atoms with Crippen molar-refractivity contribution in [1.29, 1.82) is 0 Å². The quantitative estimate of drug-likeness (QED) is 0.804. The average molecular weight is 385 g/mol. The fourth-order valence-corrected chi connectivity index (χ4v) is 4.04. The van der Waals surface area contributed by atoms with E-state index in [4.69, 9.17) is 0 Å². The van der Waals surface area contributed by atoms with Gasteiger partial charge < -0.3 is 9.80 Å². The molecule has 0 aliphatic carbocycles. The van der Waals surface area contributed by atoms with E-state index >= 15 is 0 Å². The molecule has 2 fully saturated rings. The summed E-state index contributed by atoms with van der Waals surface area (Å²) in [5.74, 6) is -0.692. The molecule has 2 aromatic rings. The molecule has 4 rings (SSSR count). The number of nitrogens with zero attached hydrogens (tertiary/aromatic N) is 5. The van der Waals surface area contributed by atoms with Crippen LogP contribution in [-0.4, -0.2) is 70.2 Å². The Bertz CT molecular complexity index is 875. The van der Waals surface area contributed by atoms with Crippen LogP contribution in [0.2, 0.25) is 0 Å². The molecule has 28 heavy (non-hydrogen) atoms. The number of carbonyl (C=O) groups excluding carboxylic acids is 2. The molecular weight excluding hydrogens is 361 g/mol. The largest absolute Gasteiger partial charge is 0.336 e. The third kappa shape index (κ3) is 3.52. The van der Waals surface area contributed by atoms with Crippen LogP contribution in [0.3, 0.4) is 0 Å². The molecule has 1 aromatic heterocycles. The van der Waals surface area contributed by atoms with Gasteiger partial charge in [0.2, 0.25) is 5.91 Å². The lowest BCUT2D eigenvalue weighted by Gasteiger charge is -2.42. The molecule has 0 saturated carbocycles. The lowest BCUT2D eigenvalue weighted by molar-refractivity contribution is -0.126. The minimum atomic E-state index is -0.496. The van der Waals surface area contributed by atoms with E-state index in [0.717, 1.165) is 18.5 Å². The number of piperazine rings is 1. The molecule has 0 N–H and O–H groups in total. The van der Waals surface area contributed by atoms with Crippen molar-refractivity contribution in [3.8, 4) is 0 Å². The molecule has 2 aliphatic rings. The van der Waals surface area contributed by atoms with Gasteiger partial charge in [0.1, 0.15) is 5.82 Å². The first-order chi connectivity index (χ1) is 13.5. The Labute approximate surface area is 163 Å². The van der Waals surface area contributed by atoms with Gasteiger partial charge in [0.25, 0.3) is 5.91 Å². The Hall–Kier alpha value is -2.74. The summed E-state index contributed by atoms with van der Waals surface area (Å²) in [6, 6.07) is 5.88. The van der Waals surface area contributed by atoms with Gasteiger partial charge in [-0.2, -0.15) is 5.10 Å². The van der Waals surface area contributed by atoms with Crippen molar-refractivity contribution in [3.05, 3.63) is 48.0 Å². The maximum Gasteiger partial charge on any atom is 0.256 e. The van der Waals surface area contributed by atoms with Gasteiger partial charge in [-0.3, -0.25) is 19.2 Å². The van der Waals surface area contributed by atoms with Gasteiger partial charge in [0, 0.05) is 46.0 Å². The Morgan fingerprint density at radius 3 is 2.57 bits per heavy atom. The third-order valence-corrected chi connectivity index (χ3v) is 5.56. The molecule has 0 bridgehead atoms. The highest BCUT2D eigenvalue weighted by Crippen LogP contribution is 2.24. The minimum absolute atomic E-state index is 0.0909. The molecule has 1 unspecified atom stereocenters. The van der Waals surface area contributed by atoms with Crippen molar-refractivity contribution < 1.29 is 14.0 Å². The standard InChI is InChI=1S/C20H24FN5O2/c1-23-14-15(13-22-23)26-8-4-7-18(20(26)28)24-9-11-25(12-10-24)19(27)16-5-2-3-6-17(16)21/h2-3,5-6,13-14,18H,4,7-12H2,1H3. The molecule has 2 saturated heterocycles. The molecule has 0 radical (unpaired) electrons. The monoisotopic (exact) mass is 385 g/mol. The number of aryl methyl sites for hydroxylation is 1. The molecule has 0 spiro atoms. The van der Waals surface area contributed by atoms with Gasteiger partial charge in [0.15, 0.2) is 0 Å². The number of hydrogen-bond donors (Lipinski definition) is 0. The van der Waals surface area contributed by atoms with E-state index in [0.29, 0.717) is 32.7 Å². The number of hydrogen-bond acceptors (Lipinski definition) is 4. The van der Waals surface area contributed by atoms with Crippen LogP contribution in [0.25, 0.3) is 0 Å². The smallest absolute Gasteiger partial charge is 0.256 e. The third-order valence-electron chi connectivity index (χ3n) is 5.56. The van der Waals surface area contributed by atoms with Crippen LogP contribution in [0.1, 0.15) is 23.2 Å². The zero-order chi connectivity index (χ0) is 19.7. The van der Waals surface area contributed by atoms with Crippen molar-refractivity contribution in [1.82, 2.24) is 19.6 Å². The van der Waals surface area contributed by atoms with E-state index in [1.54, 1.807) is 32.8 Å². The van der Waals surface area contributed by atoms with E-state index in [2.05, 4.69) is 10.00 Å². The van der Waals surface area contributed by atoms with Crippen molar-refractivity contribution in [3.63, 3.8) is 0 Å². The fourth-order valence-electron chi connectivity index (χ4n) is 4.04. The number of rotatable bonds is 3. The molecule has 7 nitrogen and oxygen atoms in total. The summed E-state index contributed by atoms with van der Waals surface area (Å²) >= 11 is 0. The van der Waals surface area contributed by atoms with E-state index in [9.17, 15) is 14.0 Å². The predicted octanol–water partition coefficient (Wildman–Crippen LogP) is 1.51. The van der Waals surface area contributed by atoms with Crippen LogP contribution in [-0.2, 0) is 11.8 Å². The van der Waals surface area contributed by atoms with Gasteiger partial charge >= 0.3 is 0 Å². The molecule has 2 aliphatic heterocycles. The van der Waals surface area contributed by atoms with Gasteiger partial charge in [-0.1, -0.05) is 12.1 Å². The molecule has 3 heterocycles. The van der Waals surface area contributed by atoms with Crippen LogP contribution in [0.4, 0.5) is 10.1 Å². The number of halogens is 1.